The van der Waals surface area contributed by atoms with Crippen LogP contribution in [-0.4, -0.2) is 40.6 Å². The number of hydrogen-bond acceptors (Lipinski definition) is 6. The van der Waals surface area contributed by atoms with Gasteiger partial charge < -0.3 is 0 Å². The third kappa shape index (κ3) is 2.70. The first-order valence-corrected chi connectivity index (χ1v) is 6.58. The van der Waals surface area contributed by atoms with Crippen LogP contribution in [0.5, 0.6) is 0 Å². The van der Waals surface area contributed by atoms with E-state index < -0.39 is 40.1 Å². The molecule has 9 heteroatoms. The van der Waals surface area contributed by atoms with Crippen molar-refractivity contribution in [3.8, 4) is 0 Å². The van der Waals surface area contributed by atoms with Gasteiger partial charge in [-0.25, -0.2) is 5.06 Å². The molecule has 0 saturated carbocycles. The Balaban J connectivity index is 2.49. The number of ketones is 2. The number of amides is 1. The maximum Gasteiger partial charge on any atom is 0.281 e. The molecule has 0 spiro atoms. The van der Waals surface area contributed by atoms with E-state index in [4.69, 9.17) is 16.4 Å². The monoisotopic (exact) mass is 326 g/mol. The summed E-state index contributed by atoms with van der Waals surface area (Å²) < 4.78 is 0. The predicted octanol–water partition coefficient (Wildman–Crippen LogP) is 1.41. The maximum absolute atomic E-state index is 12.5. The number of Topliss-reactive ketones (excluding diaryl/α,β-unsaturated/α-hetero) is 2. The highest BCUT2D eigenvalue weighted by Gasteiger charge is 2.45. The highest BCUT2D eigenvalue weighted by atomic mass is 35.5. The molecule has 1 fully saturated rings. The Bertz CT molecular complexity index is 669. The number of nitrogens with zero attached hydrogens (tertiary/aromatic N) is 2. The molecule has 8 nitrogen and oxygen atoms in total. The van der Waals surface area contributed by atoms with Gasteiger partial charge in [0.1, 0.15) is 6.10 Å². The van der Waals surface area contributed by atoms with Crippen LogP contribution in [0.4, 0.5) is 5.69 Å². The van der Waals surface area contributed by atoms with Crippen LogP contribution in [0.1, 0.15) is 17.3 Å². The van der Waals surface area contributed by atoms with Crippen LogP contribution in [0.2, 0.25) is 5.02 Å². The number of rotatable bonds is 3. The zero-order valence-electron chi connectivity index (χ0n) is 11.6. The van der Waals surface area contributed by atoms with Crippen molar-refractivity contribution in [1.82, 2.24) is 5.06 Å². The summed E-state index contributed by atoms with van der Waals surface area (Å²) in [6.07, 6.45) is -0.997. The van der Waals surface area contributed by atoms with Gasteiger partial charge in [-0.3, -0.25) is 29.3 Å². The Hall–Kier alpha value is -2.32. The lowest BCUT2D eigenvalue weighted by Crippen LogP contribution is -2.52. The average molecular weight is 327 g/mol. The quantitative estimate of drug-likeness (QED) is 0.360. The molecule has 1 amide bonds. The van der Waals surface area contributed by atoms with E-state index in [1.807, 2.05) is 0 Å². The van der Waals surface area contributed by atoms with Crippen molar-refractivity contribution in [1.29, 1.82) is 0 Å². The second-order valence-corrected chi connectivity index (χ2v) is 5.14. The van der Waals surface area contributed by atoms with Gasteiger partial charge in [0.15, 0.2) is 17.5 Å². The van der Waals surface area contributed by atoms with Crippen LogP contribution in [0.25, 0.3) is 0 Å². The lowest BCUT2D eigenvalue weighted by atomic mass is 9.89. The van der Waals surface area contributed by atoms with E-state index in [9.17, 15) is 24.5 Å². The second-order valence-electron chi connectivity index (χ2n) is 4.70. The van der Waals surface area contributed by atoms with Crippen LogP contribution in [0.3, 0.4) is 0 Å². The molecule has 116 valence electrons. The summed E-state index contributed by atoms with van der Waals surface area (Å²) in [4.78, 5) is 51.7. The molecule has 2 atom stereocenters. The molecule has 1 saturated heterocycles. The predicted molar refractivity (Wildman–Crippen MR) is 74.3 cm³/mol. The number of benzene rings is 1. The Labute approximate surface area is 129 Å². The zero-order valence-corrected chi connectivity index (χ0v) is 12.4. The van der Waals surface area contributed by atoms with Crippen LogP contribution < -0.4 is 0 Å². The molecule has 0 aromatic heterocycles. The minimum absolute atomic E-state index is 0.0679. The van der Waals surface area contributed by atoms with Gasteiger partial charge in [0.25, 0.3) is 11.6 Å². The molecule has 1 aliphatic heterocycles. The summed E-state index contributed by atoms with van der Waals surface area (Å²) in [5.74, 6) is -4.20. The third-order valence-electron chi connectivity index (χ3n) is 3.24. The molecule has 2 unspecified atom stereocenters. The van der Waals surface area contributed by atoms with Gasteiger partial charge in [0.05, 0.1) is 10.5 Å². The summed E-state index contributed by atoms with van der Waals surface area (Å²) in [6, 6.07) is 3.41. The Kier molecular flexibility index (Phi) is 4.25. The number of carbonyl (C=O) groups excluding carboxylic acids is 3. The number of nitro groups is 1. The largest absolute Gasteiger partial charge is 0.295 e. The summed E-state index contributed by atoms with van der Waals surface area (Å²) in [5, 5.41) is 11.9. The van der Waals surface area contributed by atoms with Gasteiger partial charge in [-0.05, 0) is 19.1 Å². The van der Waals surface area contributed by atoms with E-state index in [2.05, 4.69) is 0 Å². The first kappa shape index (κ1) is 16.1. The Morgan fingerprint density at radius 3 is 2.64 bits per heavy atom. The molecule has 0 N–H and O–H groups in total. The van der Waals surface area contributed by atoms with Crippen molar-refractivity contribution in [2.24, 2.45) is 5.92 Å². The number of carbonyl (C=O) groups is 3. The van der Waals surface area contributed by atoms with Crippen molar-refractivity contribution >= 4 is 34.8 Å². The topological polar surface area (TPSA) is 107 Å². The first-order valence-electron chi connectivity index (χ1n) is 6.20. The molecular weight excluding hydrogens is 316 g/mol. The minimum atomic E-state index is -1.66. The van der Waals surface area contributed by atoms with Gasteiger partial charge in [0.2, 0.25) is 0 Å². The Morgan fingerprint density at radius 1 is 1.41 bits per heavy atom. The van der Waals surface area contributed by atoms with Crippen LogP contribution in [0, 0.1) is 16.0 Å². The van der Waals surface area contributed by atoms with E-state index >= 15 is 0 Å². The van der Waals surface area contributed by atoms with Crippen molar-refractivity contribution in [2.45, 2.75) is 13.0 Å². The lowest BCUT2D eigenvalue weighted by molar-refractivity contribution is -0.385. The lowest BCUT2D eigenvalue weighted by Gasteiger charge is -2.30. The molecule has 1 aliphatic rings. The molecule has 0 bridgehead atoms. The van der Waals surface area contributed by atoms with Crippen LogP contribution in [-0.2, 0) is 14.4 Å². The van der Waals surface area contributed by atoms with Gasteiger partial charge in [-0.1, -0.05) is 11.6 Å². The normalized spacial score (nSPS) is 21.9. The van der Waals surface area contributed by atoms with Gasteiger partial charge in [-0.15, -0.1) is 0 Å². The van der Waals surface area contributed by atoms with E-state index in [0.29, 0.717) is 0 Å². The molecule has 1 aromatic rings. The number of hydrogen-bond donors (Lipinski definition) is 0. The van der Waals surface area contributed by atoms with E-state index in [1.54, 1.807) is 0 Å². The van der Waals surface area contributed by atoms with E-state index in [0.717, 1.165) is 17.2 Å². The van der Waals surface area contributed by atoms with Crippen LogP contribution in [0.15, 0.2) is 18.2 Å². The Morgan fingerprint density at radius 2 is 2.05 bits per heavy atom. The molecule has 1 aromatic carbocycles. The summed E-state index contributed by atoms with van der Waals surface area (Å²) in [7, 11) is 1.27. The highest BCUT2D eigenvalue weighted by molar-refractivity contribution is 6.31. The number of hydroxylamine groups is 2. The van der Waals surface area contributed by atoms with Crippen molar-refractivity contribution in [3.63, 3.8) is 0 Å². The molecule has 1 heterocycles. The fourth-order valence-electron chi connectivity index (χ4n) is 2.14. The highest BCUT2D eigenvalue weighted by Crippen LogP contribution is 2.28. The zero-order chi connectivity index (χ0) is 16.6. The summed E-state index contributed by atoms with van der Waals surface area (Å²) >= 11 is 5.68. The number of halogens is 1. The standard InChI is InChI=1S/C13H11ClN2O6/c1-6-11(17)10(13(19)15(2)22-6)12(18)8-4-3-7(14)5-9(8)16(20)21/h3-6,10H,1-2H3. The number of nitro benzene ring substituents is 1. The smallest absolute Gasteiger partial charge is 0.281 e. The average Bonchev–Trinajstić information content (AvgIpc) is 2.45. The van der Waals surface area contributed by atoms with Gasteiger partial charge in [-0.2, -0.15) is 0 Å². The van der Waals surface area contributed by atoms with Crippen molar-refractivity contribution in [3.05, 3.63) is 38.9 Å². The summed E-state index contributed by atoms with van der Waals surface area (Å²) in [5.41, 5.74) is -0.900. The van der Waals surface area contributed by atoms with Crippen molar-refractivity contribution < 1.29 is 24.1 Å². The fourth-order valence-corrected chi connectivity index (χ4v) is 2.31. The third-order valence-corrected chi connectivity index (χ3v) is 3.48. The van der Waals surface area contributed by atoms with E-state index in [1.165, 1.54) is 20.0 Å². The minimum Gasteiger partial charge on any atom is -0.295 e. The van der Waals surface area contributed by atoms with Crippen LogP contribution >= 0.6 is 11.6 Å². The van der Waals surface area contributed by atoms with Gasteiger partial charge in [0, 0.05) is 18.1 Å². The van der Waals surface area contributed by atoms with Gasteiger partial charge >= 0.3 is 0 Å². The molecule has 2 rings (SSSR count). The molecular formula is C13H11ClN2O6. The molecule has 0 radical (unpaired) electrons. The molecule has 22 heavy (non-hydrogen) atoms. The summed E-state index contributed by atoms with van der Waals surface area (Å²) in [6.45, 7) is 1.39. The fraction of sp³-hybridized carbons (Fsp3) is 0.308. The van der Waals surface area contributed by atoms with Crippen molar-refractivity contribution in [2.75, 3.05) is 7.05 Å². The molecule has 0 aliphatic carbocycles. The SMILES string of the molecule is CC1ON(C)C(=O)C(C(=O)c2ccc(Cl)cc2[N+](=O)[O-])C1=O. The maximum atomic E-state index is 12.5. The second kappa shape index (κ2) is 5.82. The van der Waals surface area contributed by atoms with E-state index in [-0.39, 0.29) is 10.6 Å². The first-order chi connectivity index (χ1) is 10.2.